The van der Waals surface area contributed by atoms with E-state index in [1.165, 1.54) is 24.3 Å². The number of halogens is 3. The van der Waals surface area contributed by atoms with E-state index in [2.05, 4.69) is 4.98 Å². The molecule has 17 heavy (non-hydrogen) atoms. The van der Waals surface area contributed by atoms with Crippen molar-refractivity contribution in [2.24, 2.45) is 0 Å². The molecule has 2 rings (SSSR count). The van der Waals surface area contributed by atoms with Crippen molar-refractivity contribution in [3.05, 3.63) is 58.7 Å². The van der Waals surface area contributed by atoms with Crippen molar-refractivity contribution in [3.63, 3.8) is 0 Å². The van der Waals surface area contributed by atoms with Crippen LogP contribution in [0.25, 0.3) is 0 Å². The van der Waals surface area contributed by atoms with Gasteiger partial charge < -0.3 is 4.74 Å². The highest BCUT2D eigenvalue weighted by molar-refractivity contribution is 6.30. The molecule has 1 heterocycles. The lowest BCUT2D eigenvalue weighted by molar-refractivity contribution is 0.287. The average molecular weight is 256 g/mol. The molecule has 2 nitrogen and oxygen atoms in total. The summed E-state index contributed by atoms with van der Waals surface area (Å²) < 4.78 is 31.1. The molecule has 0 N–H and O–H groups in total. The van der Waals surface area contributed by atoms with Gasteiger partial charge >= 0.3 is 0 Å². The molecule has 0 saturated carbocycles. The molecule has 0 saturated heterocycles. The first kappa shape index (κ1) is 11.8. The largest absolute Gasteiger partial charge is 0.473 e. The first-order chi connectivity index (χ1) is 8.15. The lowest BCUT2D eigenvalue weighted by atomic mass is 10.2. The van der Waals surface area contributed by atoms with Gasteiger partial charge in [0.25, 0.3) is 0 Å². The van der Waals surface area contributed by atoms with Gasteiger partial charge in [-0.3, -0.25) is 0 Å². The standard InChI is InChI=1S/C12H8ClF2NO/c13-9-2-1-8(11(15)5-9)7-17-12-4-3-10(14)6-16-12/h1-6H,7H2. The van der Waals surface area contributed by atoms with Gasteiger partial charge in [-0.1, -0.05) is 17.7 Å². The van der Waals surface area contributed by atoms with E-state index in [0.717, 1.165) is 6.20 Å². The van der Waals surface area contributed by atoms with Crippen molar-refractivity contribution >= 4 is 11.6 Å². The average Bonchev–Trinajstić information content (AvgIpc) is 2.30. The van der Waals surface area contributed by atoms with Crippen LogP contribution in [0.15, 0.2) is 36.5 Å². The Kier molecular flexibility index (Phi) is 3.54. The molecule has 1 aromatic carbocycles. The molecule has 0 aliphatic carbocycles. The maximum absolute atomic E-state index is 13.4. The zero-order valence-electron chi connectivity index (χ0n) is 8.66. The van der Waals surface area contributed by atoms with Gasteiger partial charge in [0.1, 0.15) is 18.2 Å². The van der Waals surface area contributed by atoms with Crippen LogP contribution in [0.4, 0.5) is 8.78 Å². The van der Waals surface area contributed by atoms with Crippen LogP contribution in [0.2, 0.25) is 5.02 Å². The Morgan fingerprint density at radius 1 is 1.18 bits per heavy atom. The molecular weight excluding hydrogens is 248 g/mol. The Hall–Kier alpha value is -1.68. The third-order valence-corrected chi connectivity index (χ3v) is 2.33. The molecule has 88 valence electrons. The van der Waals surface area contributed by atoms with Gasteiger partial charge in [-0.2, -0.15) is 0 Å². The molecule has 0 bridgehead atoms. The SMILES string of the molecule is Fc1ccc(OCc2ccc(Cl)cc2F)nc1. The summed E-state index contributed by atoms with van der Waals surface area (Å²) in [6.45, 7) is 0.0155. The maximum Gasteiger partial charge on any atom is 0.213 e. The van der Waals surface area contributed by atoms with Gasteiger partial charge in [-0.15, -0.1) is 0 Å². The fourth-order valence-electron chi connectivity index (χ4n) is 1.24. The minimum Gasteiger partial charge on any atom is -0.473 e. The number of rotatable bonds is 3. The molecule has 0 radical (unpaired) electrons. The summed E-state index contributed by atoms with van der Waals surface area (Å²) in [5.74, 6) is -0.657. The highest BCUT2D eigenvalue weighted by Crippen LogP contribution is 2.16. The molecule has 0 aliphatic rings. The first-order valence-electron chi connectivity index (χ1n) is 4.83. The van der Waals surface area contributed by atoms with E-state index >= 15 is 0 Å². The van der Waals surface area contributed by atoms with Crippen LogP contribution < -0.4 is 4.74 Å². The first-order valence-corrected chi connectivity index (χ1v) is 5.21. The highest BCUT2D eigenvalue weighted by atomic mass is 35.5. The quantitative estimate of drug-likeness (QED) is 0.836. The second-order valence-electron chi connectivity index (χ2n) is 3.34. The van der Waals surface area contributed by atoms with Crippen molar-refractivity contribution in [1.82, 2.24) is 4.98 Å². The van der Waals surface area contributed by atoms with Crippen molar-refractivity contribution in [2.45, 2.75) is 6.61 Å². The van der Waals surface area contributed by atoms with Crippen LogP contribution in [0.5, 0.6) is 5.88 Å². The van der Waals surface area contributed by atoms with Crippen LogP contribution in [0.1, 0.15) is 5.56 Å². The van der Waals surface area contributed by atoms with Crippen LogP contribution in [-0.2, 0) is 6.61 Å². The van der Waals surface area contributed by atoms with E-state index in [1.54, 1.807) is 6.07 Å². The summed E-state index contributed by atoms with van der Waals surface area (Å²) in [5, 5.41) is 0.325. The van der Waals surface area contributed by atoms with E-state index in [0.29, 0.717) is 10.6 Å². The molecule has 5 heteroatoms. The number of aromatic nitrogens is 1. The van der Waals surface area contributed by atoms with Crippen LogP contribution in [-0.4, -0.2) is 4.98 Å². The van der Waals surface area contributed by atoms with Gasteiger partial charge in [-0.05, 0) is 18.2 Å². The number of hydrogen-bond acceptors (Lipinski definition) is 2. The van der Waals surface area contributed by atoms with E-state index in [4.69, 9.17) is 16.3 Å². The number of nitrogens with zero attached hydrogens (tertiary/aromatic N) is 1. The fraction of sp³-hybridized carbons (Fsp3) is 0.0833. The number of hydrogen-bond donors (Lipinski definition) is 0. The van der Waals surface area contributed by atoms with Crippen LogP contribution in [0, 0.1) is 11.6 Å². The lowest BCUT2D eigenvalue weighted by Gasteiger charge is -2.06. The third-order valence-electron chi connectivity index (χ3n) is 2.09. The Morgan fingerprint density at radius 3 is 2.65 bits per heavy atom. The smallest absolute Gasteiger partial charge is 0.213 e. The molecule has 2 aromatic rings. The lowest BCUT2D eigenvalue weighted by Crippen LogP contribution is -1.99. The van der Waals surface area contributed by atoms with Crippen molar-refractivity contribution in [3.8, 4) is 5.88 Å². The van der Waals surface area contributed by atoms with E-state index < -0.39 is 11.6 Å². The molecule has 0 spiro atoms. The fourth-order valence-corrected chi connectivity index (χ4v) is 1.40. The summed E-state index contributed by atoms with van der Waals surface area (Å²) in [6, 6.07) is 6.91. The molecular formula is C12H8ClF2NO. The zero-order chi connectivity index (χ0) is 12.3. The Bertz CT molecular complexity index is 516. The number of ether oxygens (including phenoxy) is 1. The minimum absolute atomic E-state index is 0.0155. The van der Waals surface area contributed by atoms with Gasteiger partial charge in [0.2, 0.25) is 5.88 Å². The Morgan fingerprint density at radius 2 is 2.00 bits per heavy atom. The summed E-state index contributed by atoms with van der Waals surface area (Å²) in [4.78, 5) is 3.69. The molecule has 0 fully saturated rings. The summed E-state index contributed by atoms with van der Waals surface area (Å²) in [6.07, 6.45) is 1.04. The maximum atomic E-state index is 13.4. The predicted octanol–water partition coefficient (Wildman–Crippen LogP) is 3.59. The van der Waals surface area contributed by atoms with Gasteiger partial charge in [0.05, 0.1) is 6.20 Å². The predicted molar refractivity (Wildman–Crippen MR) is 59.9 cm³/mol. The van der Waals surface area contributed by atoms with Gasteiger partial charge in [0.15, 0.2) is 0 Å². The van der Waals surface area contributed by atoms with Gasteiger partial charge in [-0.25, -0.2) is 13.8 Å². The van der Waals surface area contributed by atoms with E-state index in [9.17, 15) is 8.78 Å². The van der Waals surface area contributed by atoms with Crippen molar-refractivity contribution in [2.75, 3.05) is 0 Å². The molecule has 0 atom stereocenters. The summed E-state index contributed by atoms with van der Waals surface area (Å²) >= 11 is 5.62. The monoisotopic (exact) mass is 255 g/mol. The summed E-state index contributed by atoms with van der Waals surface area (Å²) in [5.41, 5.74) is 0.362. The number of pyridine rings is 1. The minimum atomic E-state index is -0.449. The Labute approximate surface area is 102 Å². The van der Waals surface area contributed by atoms with Gasteiger partial charge in [0, 0.05) is 16.7 Å². The van der Waals surface area contributed by atoms with Crippen molar-refractivity contribution < 1.29 is 13.5 Å². The molecule has 0 aliphatic heterocycles. The van der Waals surface area contributed by atoms with E-state index in [1.807, 2.05) is 0 Å². The Balaban J connectivity index is 2.04. The second kappa shape index (κ2) is 5.10. The van der Waals surface area contributed by atoms with Crippen molar-refractivity contribution in [1.29, 1.82) is 0 Å². The van der Waals surface area contributed by atoms with Crippen LogP contribution in [0.3, 0.4) is 0 Å². The second-order valence-corrected chi connectivity index (χ2v) is 3.78. The molecule has 0 amide bonds. The molecule has 0 unspecified atom stereocenters. The summed E-state index contributed by atoms with van der Waals surface area (Å²) in [7, 11) is 0. The molecule has 1 aromatic heterocycles. The highest BCUT2D eigenvalue weighted by Gasteiger charge is 2.04. The third kappa shape index (κ3) is 3.14. The topological polar surface area (TPSA) is 22.1 Å². The number of benzene rings is 1. The van der Waals surface area contributed by atoms with Crippen LogP contribution >= 0.6 is 11.6 Å². The van der Waals surface area contributed by atoms with E-state index in [-0.39, 0.29) is 12.5 Å². The normalized spacial score (nSPS) is 10.3. The zero-order valence-corrected chi connectivity index (χ0v) is 9.42.